The third-order valence-electron chi connectivity index (χ3n) is 2.73. The van der Waals surface area contributed by atoms with Crippen molar-refractivity contribution in [2.24, 2.45) is 5.73 Å². The van der Waals surface area contributed by atoms with Crippen molar-refractivity contribution in [3.63, 3.8) is 0 Å². The van der Waals surface area contributed by atoms with Gasteiger partial charge in [-0.05, 0) is 37.4 Å². The van der Waals surface area contributed by atoms with Crippen LogP contribution in [0.15, 0.2) is 18.2 Å². The Morgan fingerprint density at radius 1 is 1.50 bits per heavy atom. The summed E-state index contributed by atoms with van der Waals surface area (Å²) < 4.78 is 0. The Balaban J connectivity index is 2.20. The van der Waals surface area contributed by atoms with E-state index in [4.69, 9.17) is 17.3 Å². The third-order valence-corrected chi connectivity index (χ3v) is 3.04. The van der Waals surface area contributed by atoms with E-state index in [0.717, 1.165) is 36.5 Å². The highest BCUT2D eigenvalue weighted by Crippen LogP contribution is 2.32. The molecule has 0 aromatic heterocycles. The molecule has 1 aliphatic heterocycles. The molecule has 0 aliphatic carbocycles. The molecule has 2 nitrogen and oxygen atoms in total. The van der Waals surface area contributed by atoms with Gasteiger partial charge in [-0.1, -0.05) is 23.7 Å². The number of benzene rings is 1. The van der Waals surface area contributed by atoms with E-state index >= 15 is 0 Å². The molecule has 0 fully saturated rings. The van der Waals surface area contributed by atoms with Crippen LogP contribution in [0.2, 0.25) is 5.02 Å². The van der Waals surface area contributed by atoms with Gasteiger partial charge in [-0.15, -0.1) is 0 Å². The summed E-state index contributed by atoms with van der Waals surface area (Å²) in [6.07, 6.45) is 3.28. The number of hydrogen-bond acceptors (Lipinski definition) is 2. The Labute approximate surface area is 89.4 Å². The largest absolute Gasteiger partial charge is 0.381 e. The summed E-state index contributed by atoms with van der Waals surface area (Å²) in [5.74, 6) is 0. The molecular weight excluding hydrogens is 196 g/mol. The highest BCUT2D eigenvalue weighted by Gasteiger charge is 2.18. The van der Waals surface area contributed by atoms with Crippen molar-refractivity contribution >= 4 is 17.3 Å². The molecule has 0 saturated heterocycles. The van der Waals surface area contributed by atoms with Crippen molar-refractivity contribution in [2.75, 3.05) is 11.9 Å². The summed E-state index contributed by atoms with van der Waals surface area (Å²) in [5, 5.41) is 4.28. The molecule has 1 atom stereocenters. The predicted octanol–water partition coefficient (Wildman–Crippen LogP) is 2.42. The Hall–Kier alpha value is -0.730. The quantitative estimate of drug-likeness (QED) is 0.787. The van der Waals surface area contributed by atoms with Gasteiger partial charge in [-0.3, -0.25) is 0 Å². The second kappa shape index (κ2) is 4.20. The highest BCUT2D eigenvalue weighted by atomic mass is 35.5. The van der Waals surface area contributed by atoms with Crippen LogP contribution in [0.1, 0.15) is 18.4 Å². The van der Waals surface area contributed by atoms with Gasteiger partial charge in [-0.25, -0.2) is 0 Å². The average molecular weight is 211 g/mol. The zero-order valence-electron chi connectivity index (χ0n) is 8.09. The molecule has 2 rings (SSSR count). The van der Waals surface area contributed by atoms with Gasteiger partial charge in [0.25, 0.3) is 0 Å². The van der Waals surface area contributed by atoms with Gasteiger partial charge in [0, 0.05) is 6.04 Å². The number of nitrogens with one attached hydrogen (secondary N) is 1. The van der Waals surface area contributed by atoms with Crippen LogP contribution in [-0.2, 0) is 6.42 Å². The normalized spacial score (nSPS) is 20.0. The fourth-order valence-electron chi connectivity index (χ4n) is 1.96. The van der Waals surface area contributed by atoms with Crippen molar-refractivity contribution in [2.45, 2.75) is 25.3 Å². The van der Waals surface area contributed by atoms with Crippen LogP contribution < -0.4 is 11.1 Å². The molecule has 3 heteroatoms. The molecule has 1 aromatic rings. The minimum absolute atomic E-state index is 0.493. The molecule has 14 heavy (non-hydrogen) atoms. The second-order valence-corrected chi connectivity index (χ2v) is 4.14. The summed E-state index contributed by atoms with van der Waals surface area (Å²) in [4.78, 5) is 0. The summed E-state index contributed by atoms with van der Waals surface area (Å²) in [6, 6.07) is 6.56. The number of fused-ring (bicyclic) bond motifs is 1. The first-order valence-electron chi connectivity index (χ1n) is 5.05. The Morgan fingerprint density at radius 2 is 2.36 bits per heavy atom. The maximum atomic E-state index is 6.11. The van der Waals surface area contributed by atoms with E-state index in [0.29, 0.717) is 6.04 Å². The molecule has 1 heterocycles. The van der Waals surface area contributed by atoms with Crippen molar-refractivity contribution in [1.82, 2.24) is 0 Å². The number of anilines is 1. The van der Waals surface area contributed by atoms with Crippen molar-refractivity contribution in [3.8, 4) is 0 Å². The summed E-state index contributed by atoms with van der Waals surface area (Å²) >= 11 is 6.11. The van der Waals surface area contributed by atoms with Crippen LogP contribution in [-0.4, -0.2) is 12.6 Å². The second-order valence-electron chi connectivity index (χ2n) is 3.73. The highest BCUT2D eigenvalue weighted by molar-refractivity contribution is 6.33. The van der Waals surface area contributed by atoms with Crippen LogP contribution in [0.5, 0.6) is 0 Å². The predicted molar refractivity (Wildman–Crippen MR) is 60.9 cm³/mol. The number of nitrogens with two attached hydrogens (primary N) is 1. The number of aryl methyl sites for hydroxylation is 1. The Morgan fingerprint density at radius 3 is 3.14 bits per heavy atom. The van der Waals surface area contributed by atoms with Crippen molar-refractivity contribution < 1.29 is 0 Å². The molecule has 0 spiro atoms. The Kier molecular flexibility index (Phi) is 2.94. The van der Waals surface area contributed by atoms with Crippen molar-refractivity contribution in [3.05, 3.63) is 28.8 Å². The first kappa shape index (κ1) is 9.81. The number of halogens is 1. The third kappa shape index (κ3) is 1.86. The SMILES string of the molecule is NCCC1CCc2cccc(Cl)c2N1. The molecule has 1 aromatic carbocycles. The van der Waals surface area contributed by atoms with E-state index in [-0.39, 0.29) is 0 Å². The molecule has 1 aliphatic rings. The molecule has 0 saturated carbocycles. The zero-order valence-corrected chi connectivity index (χ0v) is 8.85. The fraction of sp³-hybridized carbons (Fsp3) is 0.455. The molecule has 1 unspecified atom stereocenters. The van der Waals surface area contributed by atoms with Crippen LogP contribution in [0.4, 0.5) is 5.69 Å². The number of rotatable bonds is 2. The molecule has 3 N–H and O–H groups in total. The maximum absolute atomic E-state index is 6.11. The number of para-hydroxylation sites is 1. The van der Waals surface area contributed by atoms with E-state index < -0.39 is 0 Å². The van der Waals surface area contributed by atoms with Gasteiger partial charge in [0.05, 0.1) is 10.7 Å². The molecule has 0 bridgehead atoms. The van der Waals surface area contributed by atoms with Gasteiger partial charge in [0.1, 0.15) is 0 Å². The topological polar surface area (TPSA) is 38.0 Å². The average Bonchev–Trinajstić information content (AvgIpc) is 2.20. The van der Waals surface area contributed by atoms with Gasteiger partial charge in [0.2, 0.25) is 0 Å². The first-order valence-corrected chi connectivity index (χ1v) is 5.43. The minimum atomic E-state index is 0.493. The van der Waals surface area contributed by atoms with Gasteiger partial charge >= 0.3 is 0 Å². The zero-order chi connectivity index (χ0) is 9.97. The van der Waals surface area contributed by atoms with Gasteiger partial charge < -0.3 is 11.1 Å². The van der Waals surface area contributed by atoms with E-state index in [1.165, 1.54) is 5.56 Å². The minimum Gasteiger partial charge on any atom is -0.381 e. The van der Waals surface area contributed by atoms with Gasteiger partial charge in [-0.2, -0.15) is 0 Å². The smallest absolute Gasteiger partial charge is 0.0640 e. The summed E-state index contributed by atoms with van der Waals surface area (Å²) in [6.45, 7) is 0.734. The van der Waals surface area contributed by atoms with Crippen molar-refractivity contribution in [1.29, 1.82) is 0 Å². The van der Waals surface area contributed by atoms with Crippen LogP contribution in [0.25, 0.3) is 0 Å². The molecule has 0 amide bonds. The molecular formula is C11H15ClN2. The standard InChI is InChI=1S/C11H15ClN2/c12-10-3-1-2-8-4-5-9(6-7-13)14-11(8)10/h1-3,9,14H,4-7,13H2. The van der Waals surface area contributed by atoms with Crippen LogP contribution >= 0.6 is 11.6 Å². The summed E-state index contributed by atoms with van der Waals surface area (Å²) in [7, 11) is 0. The van der Waals surface area contributed by atoms with Gasteiger partial charge in [0.15, 0.2) is 0 Å². The maximum Gasteiger partial charge on any atom is 0.0640 e. The first-order chi connectivity index (χ1) is 6.81. The molecule has 76 valence electrons. The lowest BCUT2D eigenvalue weighted by Gasteiger charge is -2.27. The van der Waals surface area contributed by atoms with E-state index in [1.54, 1.807) is 0 Å². The lowest BCUT2D eigenvalue weighted by atomic mass is 9.96. The monoisotopic (exact) mass is 210 g/mol. The fourth-order valence-corrected chi connectivity index (χ4v) is 2.21. The Bertz CT molecular complexity index is 325. The van der Waals surface area contributed by atoms with Crippen LogP contribution in [0.3, 0.4) is 0 Å². The van der Waals surface area contributed by atoms with E-state index in [9.17, 15) is 0 Å². The van der Waals surface area contributed by atoms with Crippen LogP contribution in [0, 0.1) is 0 Å². The molecule has 0 radical (unpaired) electrons. The lowest BCUT2D eigenvalue weighted by Crippen LogP contribution is -2.28. The lowest BCUT2D eigenvalue weighted by molar-refractivity contribution is 0.593. The summed E-state index contributed by atoms with van der Waals surface area (Å²) in [5.41, 5.74) is 7.98. The number of hydrogen-bond donors (Lipinski definition) is 2. The van der Waals surface area contributed by atoms with E-state index in [2.05, 4.69) is 11.4 Å². The van der Waals surface area contributed by atoms with E-state index in [1.807, 2.05) is 12.1 Å².